The van der Waals surface area contributed by atoms with Gasteiger partial charge in [-0.25, -0.2) is 0 Å². The number of nitrogens with one attached hydrogen (secondary N) is 2. The van der Waals surface area contributed by atoms with Gasteiger partial charge >= 0.3 is 0 Å². The number of hydrogen-bond donors (Lipinski definition) is 2. The molecule has 2 aromatic carbocycles. The summed E-state index contributed by atoms with van der Waals surface area (Å²) >= 11 is 7.16. The number of methoxy groups -OCH3 is 2. The molecule has 3 rings (SSSR count). The fraction of sp³-hybridized carbons (Fsp3) is 0.227. The predicted molar refractivity (Wildman–Crippen MR) is 120 cm³/mol. The molecule has 0 bridgehead atoms. The lowest BCUT2D eigenvalue weighted by atomic mass is 9.86. The zero-order chi connectivity index (χ0) is 22.4. The number of nitrogens with zero attached hydrogens (tertiary/aromatic N) is 1. The van der Waals surface area contributed by atoms with Crippen LogP contribution in [0.25, 0.3) is 0 Å². The van der Waals surface area contributed by atoms with Gasteiger partial charge in [-0.05, 0) is 18.2 Å². The van der Waals surface area contributed by atoms with Gasteiger partial charge in [0.1, 0.15) is 0 Å². The highest BCUT2D eigenvalue weighted by atomic mass is 35.5. The van der Waals surface area contributed by atoms with Gasteiger partial charge in [-0.3, -0.25) is 9.59 Å². The second-order valence-electron chi connectivity index (χ2n) is 6.56. The second-order valence-corrected chi connectivity index (χ2v) is 7.95. The Labute approximate surface area is 189 Å². The first-order valence-electron chi connectivity index (χ1n) is 9.30. The van der Waals surface area contributed by atoms with Crippen LogP contribution in [-0.2, 0) is 9.59 Å². The Bertz CT molecular complexity index is 1080. The van der Waals surface area contributed by atoms with Crippen LogP contribution in [0.5, 0.6) is 11.5 Å². The normalized spacial score (nSPS) is 15.7. The lowest BCUT2D eigenvalue weighted by Crippen LogP contribution is -2.31. The van der Waals surface area contributed by atoms with Gasteiger partial charge in [0.15, 0.2) is 11.5 Å². The van der Waals surface area contributed by atoms with E-state index < -0.39 is 5.92 Å². The third-order valence-corrected chi connectivity index (χ3v) is 6.01. The Balaban J connectivity index is 1.85. The highest BCUT2D eigenvalue weighted by molar-refractivity contribution is 8.03. The molecule has 0 fully saturated rings. The van der Waals surface area contributed by atoms with E-state index in [9.17, 15) is 14.9 Å². The summed E-state index contributed by atoms with van der Waals surface area (Å²) in [5.41, 5.74) is 1.53. The van der Waals surface area contributed by atoms with Crippen LogP contribution in [-0.4, -0.2) is 31.8 Å². The molecule has 0 radical (unpaired) electrons. The number of amides is 2. The maximum atomic E-state index is 12.4. The van der Waals surface area contributed by atoms with Gasteiger partial charge in [0.05, 0.1) is 47.4 Å². The van der Waals surface area contributed by atoms with Crippen molar-refractivity contribution in [3.63, 3.8) is 0 Å². The van der Waals surface area contributed by atoms with Crippen molar-refractivity contribution in [2.75, 3.05) is 25.3 Å². The van der Waals surface area contributed by atoms with Crippen molar-refractivity contribution in [1.82, 2.24) is 5.32 Å². The van der Waals surface area contributed by atoms with Crippen LogP contribution in [0.15, 0.2) is 53.1 Å². The quantitative estimate of drug-likeness (QED) is 0.650. The Morgan fingerprint density at radius 2 is 2.03 bits per heavy atom. The minimum atomic E-state index is -0.516. The van der Waals surface area contributed by atoms with Gasteiger partial charge in [-0.15, -0.1) is 0 Å². The number of rotatable bonds is 7. The van der Waals surface area contributed by atoms with E-state index in [1.165, 1.54) is 14.2 Å². The minimum Gasteiger partial charge on any atom is -0.493 e. The van der Waals surface area contributed by atoms with Crippen LogP contribution < -0.4 is 20.1 Å². The number of benzene rings is 2. The minimum absolute atomic E-state index is 0.00597. The molecule has 7 nitrogen and oxygen atoms in total. The Kier molecular flexibility index (Phi) is 7.45. The van der Waals surface area contributed by atoms with Gasteiger partial charge in [0, 0.05) is 17.9 Å². The molecule has 0 aliphatic carbocycles. The van der Waals surface area contributed by atoms with Gasteiger partial charge < -0.3 is 20.1 Å². The monoisotopic (exact) mass is 457 g/mol. The number of thioether (sulfide) groups is 1. The van der Waals surface area contributed by atoms with Gasteiger partial charge in [-0.2, -0.15) is 5.26 Å². The molecule has 0 spiro atoms. The van der Waals surface area contributed by atoms with Gasteiger partial charge in [0.2, 0.25) is 11.8 Å². The average Bonchev–Trinajstić information content (AvgIpc) is 2.78. The fourth-order valence-corrected chi connectivity index (χ4v) is 4.33. The smallest absolute Gasteiger partial charge is 0.234 e. The summed E-state index contributed by atoms with van der Waals surface area (Å²) in [6, 6.07) is 14.4. The first kappa shape index (κ1) is 22.5. The van der Waals surface area contributed by atoms with Crippen LogP contribution in [0.3, 0.4) is 0 Å². The molecule has 1 atom stereocenters. The zero-order valence-electron chi connectivity index (χ0n) is 16.9. The highest BCUT2D eigenvalue weighted by Gasteiger charge is 2.32. The fourth-order valence-electron chi connectivity index (χ4n) is 3.27. The molecule has 0 saturated carbocycles. The maximum Gasteiger partial charge on any atom is 0.234 e. The van der Waals surface area contributed by atoms with Gasteiger partial charge in [0.25, 0.3) is 0 Å². The standard InChI is InChI=1S/C22H20ClN3O4S/c1-29-18-9-5-6-13(21(18)30-2)14-10-19(27)26-22(15(14)11-24)31-12-20(28)25-17-8-4-3-7-16(17)23/h3-9,14H,10,12H2,1-2H3,(H,25,28)(H,26,27)/t14-/m0/s1. The Morgan fingerprint density at radius 3 is 2.71 bits per heavy atom. The number of allylic oxidation sites excluding steroid dienone is 1. The van der Waals surface area contributed by atoms with E-state index in [1.54, 1.807) is 42.5 Å². The van der Waals surface area contributed by atoms with E-state index in [2.05, 4.69) is 16.7 Å². The van der Waals surface area contributed by atoms with E-state index in [-0.39, 0.29) is 24.0 Å². The molecule has 1 aliphatic heterocycles. The first-order chi connectivity index (χ1) is 15.0. The molecule has 0 aromatic heterocycles. The van der Waals surface area contributed by atoms with Crippen molar-refractivity contribution < 1.29 is 19.1 Å². The van der Waals surface area contributed by atoms with Crippen LogP contribution >= 0.6 is 23.4 Å². The van der Waals surface area contributed by atoms with E-state index in [0.717, 1.165) is 11.8 Å². The molecular weight excluding hydrogens is 438 g/mol. The number of nitriles is 1. The Morgan fingerprint density at radius 1 is 1.26 bits per heavy atom. The van der Waals surface area contributed by atoms with Crippen molar-refractivity contribution in [3.8, 4) is 17.6 Å². The predicted octanol–water partition coefficient (Wildman–Crippen LogP) is 4.07. The molecule has 31 heavy (non-hydrogen) atoms. The molecule has 1 heterocycles. The Hall–Kier alpha value is -3.15. The largest absolute Gasteiger partial charge is 0.493 e. The van der Waals surface area contributed by atoms with Crippen LogP contribution in [0.1, 0.15) is 17.9 Å². The zero-order valence-corrected chi connectivity index (χ0v) is 18.5. The van der Waals surface area contributed by atoms with Crippen molar-refractivity contribution in [1.29, 1.82) is 5.26 Å². The van der Waals surface area contributed by atoms with Gasteiger partial charge in [-0.1, -0.05) is 47.6 Å². The summed E-state index contributed by atoms with van der Waals surface area (Å²) in [5, 5.41) is 16.1. The number of hydrogen-bond acceptors (Lipinski definition) is 6. The first-order valence-corrected chi connectivity index (χ1v) is 10.7. The van der Waals surface area contributed by atoms with E-state index >= 15 is 0 Å². The molecule has 2 N–H and O–H groups in total. The number of para-hydroxylation sites is 2. The summed E-state index contributed by atoms with van der Waals surface area (Å²) in [4.78, 5) is 24.8. The van der Waals surface area contributed by atoms with Crippen molar-refractivity contribution in [2.24, 2.45) is 0 Å². The summed E-state index contributed by atoms with van der Waals surface area (Å²) in [5.74, 6) is -0.0950. The van der Waals surface area contributed by atoms with Crippen molar-refractivity contribution in [3.05, 3.63) is 63.7 Å². The number of ether oxygens (including phenoxy) is 2. The molecule has 2 aromatic rings. The van der Waals surface area contributed by atoms with Crippen LogP contribution in [0.4, 0.5) is 5.69 Å². The summed E-state index contributed by atoms with van der Waals surface area (Å²) in [7, 11) is 3.03. The van der Waals surface area contributed by atoms with Crippen LogP contribution in [0.2, 0.25) is 5.02 Å². The molecular formula is C22H20ClN3O4S. The van der Waals surface area contributed by atoms with E-state index in [4.69, 9.17) is 21.1 Å². The van der Waals surface area contributed by atoms with Crippen molar-refractivity contribution >= 4 is 40.9 Å². The van der Waals surface area contributed by atoms with Crippen LogP contribution in [0, 0.1) is 11.3 Å². The lowest BCUT2D eigenvalue weighted by molar-refractivity contribution is -0.121. The summed E-state index contributed by atoms with van der Waals surface area (Å²) in [6.45, 7) is 0. The van der Waals surface area contributed by atoms with E-state index in [1.807, 2.05) is 0 Å². The summed E-state index contributed by atoms with van der Waals surface area (Å²) in [6.07, 6.45) is 0.0856. The maximum absolute atomic E-state index is 12.4. The molecule has 0 unspecified atom stereocenters. The highest BCUT2D eigenvalue weighted by Crippen LogP contribution is 2.43. The number of carbonyl (C=O) groups is 2. The second kappa shape index (κ2) is 10.2. The van der Waals surface area contributed by atoms with Crippen molar-refractivity contribution in [2.45, 2.75) is 12.3 Å². The molecule has 160 valence electrons. The molecule has 0 saturated heterocycles. The topological polar surface area (TPSA) is 100 Å². The lowest BCUT2D eigenvalue weighted by Gasteiger charge is -2.26. The van der Waals surface area contributed by atoms with E-state index in [0.29, 0.717) is 38.4 Å². The molecule has 2 amide bonds. The average molecular weight is 458 g/mol. The third-order valence-electron chi connectivity index (χ3n) is 4.66. The third kappa shape index (κ3) is 5.13. The molecule has 1 aliphatic rings. The molecule has 9 heteroatoms. The SMILES string of the molecule is COc1cccc([C@@H]2CC(=O)NC(SCC(=O)Nc3ccccc3Cl)=C2C#N)c1OC. The summed E-state index contributed by atoms with van der Waals surface area (Å²) < 4.78 is 10.8. The number of halogens is 1. The number of anilines is 1. The number of carbonyl (C=O) groups excluding carboxylic acids is 2.